The van der Waals surface area contributed by atoms with Crippen LogP contribution in [0.5, 0.6) is 0 Å². The number of rotatable bonds is 4. The van der Waals surface area contributed by atoms with Gasteiger partial charge in [-0.3, -0.25) is 4.79 Å². The zero-order chi connectivity index (χ0) is 13.4. The molecular weight excluding hydrogens is 258 g/mol. The zero-order valence-electron chi connectivity index (χ0n) is 11.3. The lowest BCUT2D eigenvalue weighted by Crippen LogP contribution is -2.45. The molecule has 0 saturated heterocycles. The van der Waals surface area contributed by atoms with Crippen LogP contribution in [0.3, 0.4) is 0 Å². The van der Waals surface area contributed by atoms with Gasteiger partial charge in [0, 0.05) is 17.1 Å². The molecule has 0 aliphatic heterocycles. The Morgan fingerprint density at radius 3 is 2.95 bits per heavy atom. The third-order valence-electron chi connectivity index (χ3n) is 4.65. The van der Waals surface area contributed by atoms with E-state index in [-0.39, 0.29) is 17.9 Å². The Labute approximate surface area is 117 Å². The molecule has 4 nitrogen and oxygen atoms in total. The molecule has 4 atom stereocenters. The summed E-state index contributed by atoms with van der Waals surface area (Å²) in [6.45, 7) is 2.66. The largest absolute Gasteiger partial charge is 0.349 e. The number of aryl methyl sites for hydroxylation is 1. The molecule has 4 unspecified atom stereocenters. The summed E-state index contributed by atoms with van der Waals surface area (Å²) in [6.07, 6.45) is 6.43. The highest BCUT2D eigenvalue weighted by Gasteiger charge is 2.48. The van der Waals surface area contributed by atoms with Crippen LogP contribution in [0.2, 0.25) is 0 Å². The van der Waals surface area contributed by atoms with E-state index in [4.69, 9.17) is 5.73 Å². The minimum Gasteiger partial charge on any atom is -0.349 e. The van der Waals surface area contributed by atoms with Gasteiger partial charge in [0.1, 0.15) is 5.01 Å². The van der Waals surface area contributed by atoms with E-state index < -0.39 is 0 Å². The second-order valence-corrected chi connectivity index (χ2v) is 6.93. The van der Waals surface area contributed by atoms with Gasteiger partial charge in [0.15, 0.2) is 0 Å². The molecule has 1 aromatic rings. The molecule has 2 bridgehead atoms. The summed E-state index contributed by atoms with van der Waals surface area (Å²) in [7, 11) is 0. The maximum atomic E-state index is 12.3. The highest BCUT2D eigenvalue weighted by atomic mass is 32.1. The maximum Gasteiger partial charge on any atom is 0.225 e. The predicted octanol–water partition coefficient (Wildman–Crippen LogP) is 1.70. The van der Waals surface area contributed by atoms with Crippen molar-refractivity contribution in [2.45, 2.75) is 45.2 Å². The number of hydrogen-bond donors (Lipinski definition) is 2. The first-order valence-electron chi connectivity index (χ1n) is 7.16. The van der Waals surface area contributed by atoms with E-state index in [1.54, 1.807) is 11.3 Å². The molecule has 2 aliphatic carbocycles. The SMILES string of the molecule is CCc1cnc(CNC(=O)C2C3CCC(C3)C2N)s1. The number of thiazole rings is 1. The van der Waals surface area contributed by atoms with Crippen LogP contribution in [-0.2, 0) is 17.8 Å². The van der Waals surface area contributed by atoms with Gasteiger partial charge in [0.25, 0.3) is 0 Å². The van der Waals surface area contributed by atoms with Crippen LogP contribution in [0, 0.1) is 17.8 Å². The second kappa shape index (κ2) is 5.21. The van der Waals surface area contributed by atoms with Crippen molar-refractivity contribution in [3.8, 4) is 0 Å². The molecule has 2 saturated carbocycles. The highest BCUT2D eigenvalue weighted by molar-refractivity contribution is 7.11. The lowest BCUT2D eigenvalue weighted by Gasteiger charge is -2.26. The molecule has 19 heavy (non-hydrogen) atoms. The molecule has 0 spiro atoms. The van der Waals surface area contributed by atoms with Crippen molar-refractivity contribution < 1.29 is 4.79 Å². The van der Waals surface area contributed by atoms with Crippen LogP contribution in [0.25, 0.3) is 0 Å². The summed E-state index contributed by atoms with van der Waals surface area (Å²) < 4.78 is 0. The van der Waals surface area contributed by atoms with Crippen LogP contribution >= 0.6 is 11.3 Å². The monoisotopic (exact) mass is 279 g/mol. The lowest BCUT2D eigenvalue weighted by atomic mass is 9.84. The Bertz CT molecular complexity index is 471. The van der Waals surface area contributed by atoms with E-state index in [1.165, 1.54) is 17.7 Å². The predicted molar refractivity (Wildman–Crippen MR) is 75.6 cm³/mol. The summed E-state index contributed by atoms with van der Waals surface area (Å²) in [5.41, 5.74) is 6.19. The second-order valence-electron chi connectivity index (χ2n) is 5.73. The van der Waals surface area contributed by atoms with E-state index >= 15 is 0 Å². The third kappa shape index (κ3) is 2.41. The van der Waals surface area contributed by atoms with Crippen molar-refractivity contribution in [1.82, 2.24) is 10.3 Å². The Hall–Kier alpha value is -0.940. The minimum absolute atomic E-state index is 0.0318. The van der Waals surface area contributed by atoms with E-state index in [0.29, 0.717) is 18.4 Å². The van der Waals surface area contributed by atoms with Gasteiger partial charge in [-0.15, -0.1) is 11.3 Å². The molecule has 3 N–H and O–H groups in total. The Kier molecular flexibility index (Phi) is 3.58. The molecule has 1 aromatic heterocycles. The molecule has 1 heterocycles. The van der Waals surface area contributed by atoms with Gasteiger partial charge in [0.2, 0.25) is 5.91 Å². The quantitative estimate of drug-likeness (QED) is 0.881. The van der Waals surface area contributed by atoms with Gasteiger partial charge in [0.05, 0.1) is 12.5 Å². The number of hydrogen-bond acceptors (Lipinski definition) is 4. The normalized spacial score (nSPS) is 32.7. The number of nitrogens with one attached hydrogen (secondary N) is 1. The summed E-state index contributed by atoms with van der Waals surface area (Å²) in [5, 5.41) is 4.01. The molecule has 3 rings (SSSR count). The zero-order valence-corrected chi connectivity index (χ0v) is 12.1. The number of nitrogens with two attached hydrogens (primary N) is 1. The topological polar surface area (TPSA) is 68.0 Å². The van der Waals surface area contributed by atoms with Gasteiger partial charge < -0.3 is 11.1 Å². The first kappa shape index (κ1) is 13.1. The average molecular weight is 279 g/mol. The number of amides is 1. The van der Waals surface area contributed by atoms with Gasteiger partial charge >= 0.3 is 0 Å². The van der Waals surface area contributed by atoms with Gasteiger partial charge in [-0.05, 0) is 37.5 Å². The van der Waals surface area contributed by atoms with Crippen molar-refractivity contribution in [1.29, 1.82) is 0 Å². The maximum absolute atomic E-state index is 12.3. The van der Waals surface area contributed by atoms with Crippen LogP contribution in [0.1, 0.15) is 36.1 Å². The summed E-state index contributed by atoms with van der Waals surface area (Å²) in [6, 6.07) is 0.0706. The molecule has 5 heteroatoms. The Morgan fingerprint density at radius 1 is 1.53 bits per heavy atom. The van der Waals surface area contributed by atoms with E-state index in [0.717, 1.165) is 17.8 Å². The van der Waals surface area contributed by atoms with Crippen molar-refractivity contribution in [3.63, 3.8) is 0 Å². The first-order chi connectivity index (χ1) is 9.19. The minimum atomic E-state index is 0.0318. The smallest absolute Gasteiger partial charge is 0.225 e. The molecule has 104 valence electrons. The van der Waals surface area contributed by atoms with E-state index in [9.17, 15) is 4.79 Å². The number of carbonyl (C=O) groups is 1. The van der Waals surface area contributed by atoms with Gasteiger partial charge in [-0.1, -0.05) is 6.92 Å². The summed E-state index contributed by atoms with van der Waals surface area (Å²) in [5.74, 6) is 1.26. The third-order valence-corrected chi connectivity index (χ3v) is 5.79. The van der Waals surface area contributed by atoms with Crippen LogP contribution in [-0.4, -0.2) is 16.9 Å². The highest BCUT2D eigenvalue weighted by Crippen LogP contribution is 2.47. The van der Waals surface area contributed by atoms with Crippen LogP contribution < -0.4 is 11.1 Å². The Morgan fingerprint density at radius 2 is 2.32 bits per heavy atom. The molecular formula is C14H21N3OS. The van der Waals surface area contributed by atoms with Crippen molar-refractivity contribution in [2.24, 2.45) is 23.5 Å². The summed E-state index contributed by atoms with van der Waals surface area (Å²) in [4.78, 5) is 17.9. The molecule has 2 fully saturated rings. The fourth-order valence-electron chi connectivity index (χ4n) is 3.60. The number of carbonyl (C=O) groups excluding carboxylic acids is 1. The van der Waals surface area contributed by atoms with Crippen molar-refractivity contribution in [3.05, 3.63) is 16.1 Å². The average Bonchev–Trinajstić information content (AvgIpc) is 3.11. The van der Waals surface area contributed by atoms with Crippen LogP contribution in [0.4, 0.5) is 0 Å². The van der Waals surface area contributed by atoms with Crippen molar-refractivity contribution >= 4 is 17.2 Å². The van der Waals surface area contributed by atoms with Crippen molar-refractivity contribution in [2.75, 3.05) is 0 Å². The Balaban J connectivity index is 1.57. The standard InChI is InChI=1S/C14H21N3OS/c1-2-10-6-16-11(19-10)7-17-14(18)12-8-3-4-9(5-8)13(12)15/h6,8-9,12-13H,2-5,7,15H2,1H3,(H,17,18). The molecule has 1 amide bonds. The molecule has 0 aromatic carbocycles. The molecule has 2 aliphatic rings. The fraction of sp³-hybridized carbons (Fsp3) is 0.714. The first-order valence-corrected chi connectivity index (χ1v) is 7.97. The van der Waals surface area contributed by atoms with Gasteiger partial charge in [-0.25, -0.2) is 4.98 Å². The summed E-state index contributed by atoms with van der Waals surface area (Å²) >= 11 is 1.68. The lowest BCUT2D eigenvalue weighted by molar-refractivity contribution is -0.127. The number of nitrogens with zero attached hydrogens (tertiary/aromatic N) is 1. The van der Waals surface area contributed by atoms with Crippen LogP contribution in [0.15, 0.2) is 6.20 Å². The van der Waals surface area contributed by atoms with Gasteiger partial charge in [-0.2, -0.15) is 0 Å². The van der Waals surface area contributed by atoms with E-state index in [1.807, 2.05) is 6.20 Å². The molecule has 0 radical (unpaired) electrons. The fourth-order valence-corrected chi connectivity index (χ4v) is 4.40. The number of aromatic nitrogens is 1. The van der Waals surface area contributed by atoms with E-state index in [2.05, 4.69) is 17.2 Å². The number of fused-ring (bicyclic) bond motifs is 2.